The van der Waals surface area contributed by atoms with Gasteiger partial charge in [-0.1, -0.05) is 0 Å². The quantitative estimate of drug-likeness (QED) is 0.803. The topological polar surface area (TPSA) is 75.6 Å². The van der Waals surface area contributed by atoms with Gasteiger partial charge in [0.25, 0.3) is 5.91 Å². The molecular weight excluding hydrogens is 332 g/mol. The van der Waals surface area contributed by atoms with E-state index in [1.807, 2.05) is 16.0 Å². The number of rotatable bonds is 2. The van der Waals surface area contributed by atoms with E-state index in [9.17, 15) is 9.59 Å². The molecule has 7 nitrogen and oxygen atoms in total. The molecule has 4 rings (SSSR count). The summed E-state index contributed by atoms with van der Waals surface area (Å²) in [7, 11) is 0. The van der Waals surface area contributed by atoms with Crippen molar-refractivity contribution in [2.75, 3.05) is 19.7 Å². The van der Waals surface area contributed by atoms with Gasteiger partial charge in [0.15, 0.2) is 5.82 Å². The van der Waals surface area contributed by atoms with E-state index >= 15 is 0 Å². The Kier molecular flexibility index (Phi) is 4.89. The Morgan fingerprint density at radius 3 is 2.85 bits per heavy atom. The van der Waals surface area contributed by atoms with Gasteiger partial charge in [-0.15, -0.1) is 0 Å². The third kappa shape index (κ3) is 3.32. The van der Waals surface area contributed by atoms with Crippen LogP contribution in [0.2, 0.25) is 0 Å². The molecule has 0 saturated carbocycles. The van der Waals surface area contributed by atoms with Crippen LogP contribution in [0.3, 0.4) is 0 Å². The van der Waals surface area contributed by atoms with Gasteiger partial charge in [0.1, 0.15) is 6.10 Å². The van der Waals surface area contributed by atoms with Gasteiger partial charge in [-0.2, -0.15) is 0 Å². The van der Waals surface area contributed by atoms with Gasteiger partial charge in [0.2, 0.25) is 5.91 Å². The molecule has 0 aliphatic carbocycles. The minimum absolute atomic E-state index is 0.0517. The fourth-order valence-corrected chi connectivity index (χ4v) is 4.18. The van der Waals surface area contributed by atoms with Crippen LogP contribution in [0.1, 0.15) is 62.2 Å². The highest BCUT2D eigenvalue weighted by molar-refractivity contribution is 5.81. The third-order valence-electron chi connectivity index (χ3n) is 5.69. The number of ether oxygens (including phenoxy) is 1. The van der Waals surface area contributed by atoms with Gasteiger partial charge in [-0.3, -0.25) is 9.59 Å². The summed E-state index contributed by atoms with van der Waals surface area (Å²) in [6.07, 6.45) is 7.06. The molecule has 0 unspecified atom stereocenters. The molecule has 4 heterocycles. The predicted octanol–water partition coefficient (Wildman–Crippen LogP) is 1.61. The van der Waals surface area contributed by atoms with Crippen LogP contribution >= 0.6 is 0 Å². The fraction of sp³-hybridized carbons (Fsp3) is 0.684. The number of carbonyl (C=O) groups is 2. The summed E-state index contributed by atoms with van der Waals surface area (Å²) in [4.78, 5) is 37.6. The van der Waals surface area contributed by atoms with E-state index in [-0.39, 0.29) is 24.0 Å². The summed E-state index contributed by atoms with van der Waals surface area (Å²) in [6, 6.07) is -0.0517. The molecule has 3 aliphatic heterocycles. The number of hydrogen-bond acceptors (Lipinski definition) is 5. The van der Waals surface area contributed by atoms with Crippen molar-refractivity contribution >= 4 is 11.8 Å². The maximum Gasteiger partial charge on any atom is 0.252 e. The SMILES string of the molecule is CC(=O)N1CCc2nc([C@@H]3CCCN3C(=O)[C@H]3CCCCO3)ncc2C1. The summed E-state index contributed by atoms with van der Waals surface area (Å²) >= 11 is 0. The Hall–Kier alpha value is -2.02. The van der Waals surface area contributed by atoms with Crippen molar-refractivity contribution in [2.24, 2.45) is 0 Å². The Bertz CT molecular complexity index is 702. The predicted molar refractivity (Wildman–Crippen MR) is 94.1 cm³/mol. The van der Waals surface area contributed by atoms with Crippen molar-refractivity contribution in [3.05, 3.63) is 23.3 Å². The first kappa shape index (κ1) is 17.4. The van der Waals surface area contributed by atoms with Crippen LogP contribution < -0.4 is 0 Å². The molecule has 0 bridgehead atoms. The molecule has 3 aliphatic rings. The number of carbonyl (C=O) groups excluding carboxylic acids is 2. The van der Waals surface area contributed by atoms with Crippen LogP contribution in [0.4, 0.5) is 0 Å². The average Bonchev–Trinajstić information content (AvgIpc) is 3.17. The van der Waals surface area contributed by atoms with Crippen molar-refractivity contribution in [1.82, 2.24) is 19.8 Å². The van der Waals surface area contributed by atoms with E-state index in [0.717, 1.165) is 62.2 Å². The lowest BCUT2D eigenvalue weighted by atomic mass is 10.1. The summed E-state index contributed by atoms with van der Waals surface area (Å²) in [5, 5.41) is 0. The van der Waals surface area contributed by atoms with Crippen LogP contribution in [-0.4, -0.2) is 57.4 Å². The lowest BCUT2D eigenvalue weighted by molar-refractivity contribution is -0.147. The van der Waals surface area contributed by atoms with Crippen LogP contribution in [0.15, 0.2) is 6.20 Å². The van der Waals surface area contributed by atoms with Crippen LogP contribution in [0.25, 0.3) is 0 Å². The van der Waals surface area contributed by atoms with Crippen molar-refractivity contribution in [1.29, 1.82) is 0 Å². The van der Waals surface area contributed by atoms with E-state index < -0.39 is 0 Å². The Morgan fingerprint density at radius 2 is 2.08 bits per heavy atom. The molecule has 2 fully saturated rings. The van der Waals surface area contributed by atoms with Gasteiger partial charge in [-0.25, -0.2) is 9.97 Å². The molecule has 1 aromatic rings. The normalized spacial score (nSPS) is 25.9. The summed E-state index contributed by atoms with van der Waals surface area (Å²) < 4.78 is 5.69. The van der Waals surface area contributed by atoms with Gasteiger partial charge in [0, 0.05) is 51.3 Å². The lowest BCUT2D eigenvalue weighted by Crippen LogP contribution is -2.42. The standard InChI is InChI=1S/C19H26N4O3/c1-13(24)22-9-7-15-14(12-22)11-20-18(21-15)16-5-4-8-23(16)19(25)17-6-2-3-10-26-17/h11,16-17H,2-10,12H2,1H3/t16-,17+/m0/s1. The minimum atomic E-state index is -0.300. The molecule has 0 aromatic carbocycles. The second-order valence-corrected chi connectivity index (χ2v) is 7.44. The van der Waals surface area contributed by atoms with Gasteiger partial charge >= 0.3 is 0 Å². The monoisotopic (exact) mass is 358 g/mol. The van der Waals surface area contributed by atoms with Crippen molar-refractivity contribution in [2.45, 2.75) is 64.1 Å². The molecule has 2 amide bonds. The molecule has 140 valence electrons. The largest absolute Gasteiger partial charge is 0.368 e. The summed E-state index contributed by atoms with van der Waals surface area (Å²) in [5.74, 6) is 0.915. The van der Waals surface area contributed by atoms with E-state index in [1.165, 1.54) is 0 Å². The molecule has 1 aromatic heterocycles. The maximum atomic E-state index is 12.9. The maximum absolute atomic E-state index is 12.9. The van der Waals surface area contributed by atoms with Gasteiger partial charge in [0.05, 0.1) is 11.7 Å². The zero-order valence-corrected chi connectivity index (χ0v) is 15.3. The highest BCUT2D eigenvalue weighted by Crippen LogP contribution is 2.32. The summed E-state index contributed by atoms with van der Waals surface area (Å²) in [6.45, 7) is 4.30. The Labute approximate surface area is 153 Å². The molecule has 2 atom stereocenters. The van der Waals surface area contributed by atoms with Crippen molar-refractivity contribution in [3.63, 3.8) is 0 Å². The van der Waals surface area contributed by atoms with E-state index in [0.29, 0.717) is 19.7 Å². The molecule has 0 radical (unpaired) electrons. The molecule has 0 N–H and O–H groups in total. The first-order valence-corrected chi connectivity index (χ1v) is 9.66. The second-order valence-electron chi connectivity index (χ2n) is 7.44. The zero-order valence-electron chi connectivity index (χ0n) is 15.3. The van der Waals surface area contributed by atoms with Crippen LogP contribution in [0.5, 0.6) is 0 Å². The number of aromatic nitrogens is 2. The zero-order chi connectivity index (χ0) is 18.1. The highest BCUT2D eigenvalue weighted by atomic mass is 16.5. The van der Waals surface area contributed by atoms with Crippen molar-refractivity contribution in [3.8, 4) is 0 Å². The minimum Gasteiger partial charge on any atom is -0.368 e. The van der Waals surface area contributed by atoms with E-state index in [4.69, 9.17) is 9.72 Å². The average molecular weight is 358 g/mol. The molecule has 0 spiro atoms. The second kappa shape index (κ2) is 7.31. The lowest BCUT2D eigenvalue weighted by Gasteiger charge is -2.31. The Balaban J connectivity index is 1.51. The number of amides is 2. The number of hydrogen-bond donors (Lipinski definition) is 0. The third-order valence-corrected chi connectivity index (χ3v) is 5.69. The van der Waals surface area contributed by atoms with Crippen LogP contribution in [0, 0.1) is 0 Å². The molecule has 2 saturated heterocycles. The van der Waals surface area contributed by atoms with Crippen molar-refractivity contribution < 1.29 is 14.3 Å². The smallest absolute Gasteiger partial charge is 0.252 e. The Morgan fingerprint density at radius 1 is 1.19 bits per heavy atom. The first-order valence-electron chi connectivity index (χ1n) is 9.66. The summed E-state index contributed by atoms with van der Waals surface area (Å²) in [5.41, 5.74) is 2.03. The molecule has 7 heteroatoms. The van der Waals surface area contributed by atoms with Gasteiger partial charge in [-0.05, 0) is 32.1 Å². The highest BCUT2D eigenvalue weighted by Gasteiger charge is 2.37. The van der Waals surface area contributed by atoms with E-state index in [1.54, 1.807) is 6.92 Å². The fourth-order valence-electron chi connectivity index (χ4n) is 4.18. The van der Waals surface area contributed by atoms with Crippen LogP contribution in [-0.2, 0) is 27.3 Å². The van der Waals surface area contributed by atoms with Gasteiger partial charge < -0.3 is 14.5 Å². The first-order chi connectivity index (χ1) is 12.6. The molecular formula is C19H26N4O3. The number of nitrogens with zero attached hydrogens (tertiary/aromatic N) is 4. The number of likely N-dealkylation sites (tertiary alicyclic amines) is 1. The molecule has 26 heavy (non-hydrogen) atoms. The van der Waals surface area contributed by atoms with E-state index in [2.05, 4.69) is 4.98 Å². The number of fused-ring (bicyclic) bond motifs is 1.